The van der Waals surface area contributed by atoms with E-state index >= 15 is 0 Å². The summed E-state index contributed by atoms with van der Waals surface area (Å²) >= 11 is 11.9. The van der Waals surface area contributed by atoms with Crippen molar-refractivity contribution in [2.75, 3.05) is 32.1 Å². The Kier molecular flexibility index (Phi) is 9.99. The number of carboxylic acids is 2. The molecule has 0 aromatic heterocycles. The summed E-state index contributed by atoms with van der Waals surface area (Å²) in [5.74, 6) is -1.89. The summed E-state index contributed by atoms with van der Waals surface area (Å²) in [5, 5.41) is 16.6. The smallest absolute Gasteiger partial charge is 0.328 e. The summed E-state index contributed by atoms with van der Waals surface area (Å²) in [6.45, 7) is 2.16. The zero-order valence-corrected chi connectivity index (χ0v) is 17.3. The lowest BCUT2D eigenvalue weighted by molar-refractivity contribution is -0.134. The highest BCUT2D eigenvalue weighted by Crippen LogP contribution is 2.28. The maximum Gasteiger partial charge on any atom is 0.328 e. The number of rotatable bonds is 5. The van der Waals surface area contributed by atoms with Gasteiger partial charge in [-0.1, -0.05) is 23.2 Å². The monoisotopic (exact) mass is 430 g/mol. The Hall–Kier alpha value is -2.09. The zero-order valence-electron chi connectivity index (χ0n) is 15.8. The van der Waals surface area contributed by atoms with Gasteiger partial charge in [0.15, 0.2) is 0 Å². The van der Waals surface area contributed by atoms with E-state index in [-0.39, 0.29) is 5.91 Å². The van der Waals surface area contributed by atoms with E-state index in [0.717, 1.165) is 31.6 Å². The van der Waals surface area contributed by atoms with Gasteiger partial charge in [0, 0.05) is 31.3 Å². The molecule has 0 bridgehead atoms. The molecule has 0 atom stereocenters. The van der Waals surface area contributed by atoms with Gasteiger partial charge in [-0.05, 0) is 57.1 Å². The molecule has 28 heavy (non-hydrogen) atoms. The van der Waals surface area contributed by atoms with Crippen LogP contribution in [0.5, 0.6) is 0 Å². The summed E-state index contributed by atoms with van der Waals surface area (Å²) < 4.78 is 0. The number of piperidine rings is 1. The van der Waals surface area contributed by atoms with Crippen LogP contribution < -0.4 is 4.90 Å². The molecule has 1 aromatic rings. The van der Waals surface area contributed by atoms with Gasteiger partial charge in [-0.2, -0.15) is 0 Å². The zero-order chi connectivity index (χ0) is 21.3. The van der Waals surface area contributed by atoms with Crippen LogP contribution in [0.4, 0.5) is 5.69 Å². The van der Waals surface area contributed by atoms with Crippen LogP contribution in [0.25, 0.3) is 0 Å². The van der Waals surface area contributed by atoms with Crippen molar-refractivity contribution in [3.05, 3.63) is 40.4 Å². The summed E-state index contributed by atoms with van der Waals surface area (Å²) in [4.78, 5) is 35.4. The standard InChI is InChI=1S/C15H20Cl2N2O.C4H4O4/c1-18-7-5-11(6-8-18)9-15(20)19(2)12-3-4-13(16)14(17)10-12;5-3(6)1-2-4(7)8/h3-4,10-11H,5-9H2,1-2H3;1-2H,(H,5,6)(H,7,8)/b;2-1+. The highest BCUT2D eigenvalue weighted by Gasteiger charge is 2.22. The fraction of sp³-hybridized carbons (Fsp3) is 0.421. The minimum atomic E-state index is -1.26. The molecule has 1 aromatic carbocycles. The molecule has 1 aliphatic rings. The van der Waals surface area contributed by atoms with Gasteiger partial charge in [-0.25, -0.2) is 9.59 Å². The molecule has 2 rings (SSSR count). The molecule has 0 unspecified atom stereocenters. The van der Waals surface area contributed by atoms with Gasteiger partial charge in [-0.15, -0.1) is 0 Å². The molecule has 9 heteroatoms. The fourth-order valence-corrected chi connectivity index (χ4v) is 2.92. The number of carboxylic acid groups (broad SMARTS) is 2. The van der Waals surface area contributed by atoms with Crippen molar-refractivity contribution in [1.29, 1.82) is 0 Å². The minimum absolute atomic E-state index is 0.137. The van der Waals surface area contributed by atoms with Crippen molar-refractivity contribution in [2.45, 2.75) is 19.3 Å². The molecule has 1 aliphatic heterocycles. The first kappa shape index (κ1) is 23.9. The van der Waals surface area contributed by atoms with Crippen molar-refractivity contribution in [2.24, 2.45) is 5.92 Å². The lowest BCUT2D eigenvalue weighted by atomic mass is 9.93. The van der Waals surface area contributed by atoms with Crippen molar-refractivity contribution in [3.8, 4) is 0 Å². The van der Waals surface area contributed by atoms with Gasteiger partial charge in [0.05, 0.1) is 10.0 Å². The van der Waals surface area contributed by atoms with Crippen LogP contribution in [-0.2, 0) is 14.4 Å². The second-order valence-electron chi connectivity index (χ2n) is 6.51. The van der Waals surface area contributed by atoms with Crippen LogP contribution in [-0.4, -0.2) is 60.1 Å². The molecule has 1 amide bonds. The van der Waals surface area contributed by atoms with Crippen molar-refractivity contribution < 1.29 is 24.6 Å². The topological polar surface area (TPSA) is 98.2 Å². The molecule has 1 fully saturated rings. The average molecular weight is 431 g/mol. The average Bonchev–Trinajstić information content (AvgIpc) is 2.64. The quantitative estimate of drug-likeness (QED) is 0.694. The molecular formula is C19H24Cl2N2O5. The van der Waals surface area contributed by atoms with E-state index in [1.807, 2.05) is 6.07 Å². The minimum Gasteiger partial charge on any atom is -0.478 e. The van der Waals surface area contributed by atoms with E-state index in [2.05, 4.69) is 11.9 Å². The van der Waals surface area contributed by atoms with Crippen molar-refractivity contribution in [3.63, 3.8) is 0 Å². The second kappa shape index (κ2) is 11.7. The first-order chi connectivity index (χ1) is 13.1. The normalized spacial score (nSPS) is 15.0. The largest absolute Gasteiger partial charge is 0.478 e. The van der Waals surface area contributed by atoms with E-state index in [1.165, 1.54) is 0 Å². The van der Waals surface area contributed by atoms with Gasteiger partial charge in [0.25, 0.3) is 0 Å². The summed E-state index contributed by atoms with van der Waals surface area (Å²) in [5.41, 5.74) is 0.789. The molecule has 1 heterocycles. The summed E-state index contributed by atoms with van der Waals surface area (Å²) in [6, 6.07) is 5.27. The van der Waals surface area contributed by atoms with E-state index in [9.17, 15) is 14.4 Å². The number of nitrogens with zero attached hydrogens (tertiary/aromatic N) is 2. The predicted molar refractivity (Wildman–Crippen MR) is 109 cm³/mol. The third-order valence-electron chi connectivity index (χ3n) is 4.33. The van der Waals surface area contributed by atoms with Crippen LogP contribution in [0, 0.1) is 5.92 Å². The number of carbonyl (C=O) groups excluding carboxylic acids is 1. The van der Waals surface area contributed by atoms with E-state index in [0.29, 0.717) is 34.5 Å². The molecule has 0 radical (unpaired) electrons. The van der Waals surface area contributed by atoms with Gasteiger partial charge in [0.1, 0.15) is 0 Å². The Morgan fingerprint density at radius 3 is 2.11 bits per heavy atom. The van der Waals surface area contributed by atoms with Crippen LogP contribution >= 0.6 is 23.2 Å². The third kappa shape index (κ3) is 8.73. The van der Waals surface area contributed by atoms with Crippen LogP contribution in [0.2, 0.25) is 10.0 Å². The Bertz CT molecular complexity index is 715. The lowest BCUT2D eigenvalue weighted by Crippen LogP contribution is -2.34. The third-order valence-corrected chi connectivity index (χ3v) is 5.07. The summed E-state index contributed by atoms with van der Waals surface area (Å²) in [7, 11) is 3.91. The second-order valence-corrected chi connectivity index (χ2v) is 7.33. The van der Waals surface area contributed by atoms with Crippen LogP contribution in [0.3, 0.4) is 0 Å². The predicted octanol–water partition coefficient (Wildman–Crippen LogP) is 3.40. The Balaban J connectivity index is 0.000000416. The highest BCUT2D eigenvalue weighted by molar-refractivity contribution is 6.42. The number of likely N-dealkylation sites (tertiary alicyclic amines) is 1. The first-order valence-corrected chi connectivity index (χ1v) is 9.39. The Morgan fingerprint density at radius 2 is 1.64 bits per heavy atom. The van der Waals surface area contributed by atoms with Crippen LogP contribution in [0.15, 0.2) is 30.4 Å². The number of hydrogen-bond acceptors (Lipinski definition) is 4. The SMILES string of the molecule is CN1CCC(CC(=O)N(C)c2ccc(Cl)c(Cl)c2)CC1.O=C(O)/C=C/C(=O)O. The van der Waals surface area contributed by atoms with E-state index in [4.69, 9.17) is 33.4 Å². The van der Waals surface area contributed by atoms with Crippen LogP contribution in [0.1, 0.15) is 19.3 Å². The maximum absolute atomic E-state index is 12.3. The fourth-order valence-electron chi connectivity index (χ4n) is 2.63. The molecule has 7 nitrogen and oxygen atoms in total. The van der Waals surface area contributed by atoms with E-state index < -0.39 is 11.9 Å². The number of amides is 1. The number of carbonyl (C=O) groups is 3. The van der Waals surface area contributed by atoms with Crippen molar-refractivity contribution in [1.82, 2.24) is 4.90 Å². The molecule has 2 N–H and O–H groups in total. The number of hydrogen-bond donors (Lipinski definition) is 2. The van der Waals surface area contributed by atoms with Gasteiger partial charge < -0.3 is 20.0 Å². The van der Waals surface area contributed by atoms with Gasteiger partial charge in [0.2, 0.25) is 5.91 Å². The number of anilines is 1. The molecule has 0 aliphatic carbocycles. The Labute approximate surface area is 174 Å². The molecule has 154 valence electrons. The molecule has 0 spiro atoms. The molecule has 0 saturated carbocycles. The number of benzene rings is 1. The van der Waals surface area contributed by atoms with Crippen molar-refractivity contribution >= 4 is 46.7 Å². The highest BCUT2D eigenvalue weighted by atomic mass is 35.5. The summed E-state index contributed by atoms with van der Waals surface area (Å²) in [6.07, 6.45) is 3.91. The maximum atomic E-state index is 12.3. The lowest BCUT2D eigenvalue weighted by Gasteiger charge is -2.29. The molecular weight excluding hydrogens is 407 g/mol. The van der Waals surface area contributed by atoms with Gasteiger partial charge >= 0.3 is 11.9 Å². The Morgan fingerprint density at radius 1 is 1.11 bits per heavy atom. The number of halogens is 2. The first-order valence-electron chi connectivity index (χ1n) is 8.64. The van der Waals surface area contributed by atoms with Gasteiger partial charge in [-0.3, -0.25) is 4.79 Å². The molecule has 1 saturated heterocycles. The van der Waals surface area contributed by atoms with E-state index in [1.54, 1.807) is 24.1 Å². The number of aliphatic carboxylic acids is 2.